The zero-order valence-electron chi connectivity index (χ0n) is 25.0. The van der Waals surface area contributed by atoms with Crippen molar-refractivity contribution in [1.29, 1.82) is 0 Å². The smallest absolute Gasteiger partial charge is 0.243 e. The van der Waals surface area contributed by atoms with Gasteiger partial charge in [0.1, 0.15) is 12.1 Å². The summed E-state index contributed by atoms with van der Waals surface area (Å²) >= 11 is 0. The summed E-state index contributed by atoms with van der Waals surface area (Å²) in [7, 11) is 0. The fraction of sp³-hybridized carbons (Fsp3) is 0.515. The van der Waals surface area contributed by atoms with Gasteiger partial charge in [-0.3, -0.25) is 19.2 Å². The van der Waals surface area contributed by atoms with Gasteiger partial charge in [0.2, 0.25) is 17.7 Å². The Hall–Kier alpha value is -3.56. The maximum atomic E-state index is 13.6. The van der Waals surface area contributed by atoms with Crippen LogP contribution in [0.3, 0.4) is 0 Å². The normalized spacial score (nSPS) is 25.1. The molecule has 1 saturated carbocycles. The fourth-order valence-electron chi connectivity index (χ4n) is 5.84. The van der Waals surface area contributed by atoms with Gasteiger partial charge in [-0.1, -0.05) is 81.4 Å². The number of benzene rings is 2. The van der Waals surface area contributed by atoms with Gasteiger partial charge in [0.15, 0.2) is 11.4 Å². The van der Waals surface area contributed by atoms with E-state index >= 15 is 0 Å². The number of hydrogen-bond donors (Lipinski definition) is 4. The van der Waals surface area contributed by atoms with E-state index in [4.69, 9.17) is 10.5 Å². The molecule has 7 atom stereocenters. The molecule has 42 heavy (non-hydrogen) atoms. The molecule has 3 amide bonds. The van der Waals surface area contributed by atoms with E-state index in [0.29, 0.717) is 25.7 Å². The number of aryl methyl sites for hydroxylation is 1. The molecule has 5 N–H and O–H groups in total. The predicted molar refractivity (Wildman–Crippen MR) is 160 cm³/mol. The molecular formula is C33H44N4O5. The zero-order chi connectivity index (χ0) is 30.4. The van der Waals surface area contributed by atoms with Gasteiger partial charge in [-0.25, -0.2) is 0 Å². The second-order valence-corrected chi connectivity index (χ2v) is 12.4. The van der Waals surface area contributed by atoms with Gasteiger partial charge in [-0.05, 0) is 55.6 Å². The molecule has 226 valence electrons. The van der Waals surface area contributed by atoms with Gasteiger partial charge in [-0.2, -0.15) is 0 Å². The van der Waals surface area contributed by atoms with Gasteiger partial charge in [-0.15, -0.1) is 0 Å². The lowest BCUT2D eigenvalue weighted by Crippen LogP contribution is -2.59. The lowest BCUT2D eigenvalue weighted by molar-refractivity contribution is -0.135. The van der Waals surface area contributed by atoms with Crippen LogP contribution in [0, 0.1) is 11.8 Å². The van der Waals surface area contributed by atoms with Crippen LogP contribution in [-0.4, -0.2) is 59.4 Å². The molecule has 1 saturated heterocycles. The molecule has 4 rings (SSSR count). The highest BCUT2D eigenvalue weighted by Crippen LogP contribution is 2.48. The standard InChI is InChI=1S/C33H44N4O5/c1-20(2)17-26(36-30(39)24(34)16-15-22-11-7-5-8-12-22)31(40)37-27(19-23-13-9-6-10-14-23)32(41)35-25-18-21(3)29-33(4,42-29)28(25)38/h5-14,20-21,24-27,29H,15-19,34H2,1-4H3,(H,35,41)(H,36,39)(H,37,40). The summed E-state index contributed by atoms with van der Waals surface area (Å²) in [6, 6.07) is 15.8. The van der Waals surface area contributed by atoms with Crippen molar-refractivity contribution in [3.63, 3.8) is 0 Å². The number of amides is 3. The number of hydrogen-bond acceptors (Lipinski definition) is 6. The Morgan fingerprint density at radius 3 is 2.14 bits per heavy atom. The highest BCUT2D eigenvalue weighted by molar-refractivity contribution is 5.99. The van der Waals surface area contributed by atoms with Gasteiger partial charge in [0, 0.05) is 6.42 Å². The molecule has 1 aliphatic carbocycles. The number of carbonyl (C=O) groups is 4. The number of epoxide rings is 1. The van der Waals surface area contributed by atoms with Crippen LogP contribution < -0.4 is 21.7 Å². The Morgan fingerprint density at radius 1 is 0.929 bits per heavy atom. The third-order valence-corrected chi connectivity index (χ3v) is 8.28. The summed E-state index contributed by atoms with van der Waals surface area (Å²) in [6.07, 6.45) is 2.03. The molecule has 2 fully saturated rings. The largest absolute Gasteiger partial charge is 0.358 e. The van der Waals surface area contributed by atoms with Crippen molar-refractivity contribution in [3.05, 3.63) is 71.8 Å². The first-order valence-electron chi connectivity index (χ1n) is 14.9. The van der Waals surface area contributed by atoms with Crippen molar-refractivity contribution in [2.24, 2.45) is 17.6 Å². The third-order valence-electron chi connectivity index (χ3n) is 8.28. The molecule has 0 spiro atoms. The maximum Gasteiger partial charge on any atom is 0.243 e. The Balaban J connectivity index is 1.44. The molecule has 2 aromatic rings. The van der Waals surface area contributed by atoms with Crippen molar-refractivity contribution < 1.29 is 23.9 Å². The number of rotatable bonds is 13. The van der Waals surface area contributed by atoms with E-state index in [0.717, 1.165) is 11.1 Å². The number of fused-ring (bicyclic) bond motifs is 1. The minimum Gasteiger partial charge on any atom is -0.358 e. The number of nitrogens with one attached hydrogen (secondary N) is 3. The molecule has 1 heterocycles. The monoisotopic (exact) mass is 576 g/mol. The van der Waals surface area contributed by atoms with E-state index in [1.165, 1.54) is 0 Å². The summed E-state index contributed by atoms with van der Waals surface area (Å²) in [4.78, 5) is 53.3. The molecule has 0 radical (unpaired) electrons. The van der Waals surface area contributed by atoms with E-state index in [-0.39, 0.29) is 30.1 Å². The minimum absolute atomic E-state index is 0.0940. The molecule has 7 unspecified atom stereocenters. The quantitative estimate of drug-likeness (QED) is 0.270. The average molecular weight is 577 g/mol. The van der Waals surface area contributed by atoms with Crippen LogP contribution in [0.15, 0.2) is 60.7 Å². The second kappa shape index (κ2) is 13.6. The van der Waals surface area contributed by atoms with Gasteiger partial charge in [0.25, 0.3) is 0 Å². The van der Waals surface area contributed by atoms with Crippen LogP contribution >= 0.6 is 0 Å². The highest BCUT2D eigenvalue weighted by Gasteiger charge is 2.65. The molecule has 0 aromatic heterocycles. The molecule has 0 bridgehead atoms. The molecular weight excluding hydrogens is 532 g/mol. The molecule has 9 heteroatoms. The van der Waals surface area contributed by atoms with Gasteiger partial charge >= 0.3 is 0 Å². The van der Waals surface area contributed by atoms with Crippen molar-refractivity contribution in [3.8, 4) is 0 Å². The minimum atomic E-state index is -0.952. The van der Waals surface area contributed by atoms with E-state index in [9.17, 15) is 19.2 Å². The van der Waals surface area contributed by atoms with Crippen LogP contribution in [-0.2, 0) is 36.8 Å². The van der Waals surface area contributed by atoms with Crippen molar-refractivity contribution in [1.82, 2.24) is 16.0 Å². The number of ether oxygens (including phenoxy) is 1. The summed E-state index contributed by atoms with van der Waals surface area (Å²) in [5.41, 5.74) is 7.27. The van der Waals surface area contributed by atoms with E-state index in [1.807, 2.05) is 81.4 Å². The topological polar surface area (TPSA) is 143 Å². The molecule has 2 aliphatic rings. The van der Waals surface area contributed by atoms with E-state index < -0.39 is 47.5 Å². The zero-order valence-corrected chi connectivity index (χ0v) is 25.0. The van der Waals surface area contributed by atoms with Crippen LogP contribution in [0.2, 0.25) is 0 Å². The Kier molecular flexibility index (Phi) is 10.2. The first-order valence-corrected chi connectivity index (χ1v) is 14.9. The van der Waals surface area contributed by atoms with Crippen LogP contribution in [0.25, 0.3) is 0 Å². The van der Waals surface area contributed by atoms with E-state index in [1.54, 1.807) is 6.92 Å². The summed E-state index contributed by atoms with van der Waals surface area (Å²) < 4.78 is 5.67. The summed E-state index contributed by atoms with van der Waals surface area (Å²) in [5.74, 6) is -1.25. The average Bonchev–Trinajstić information content (AvgIpc) is 3.68. The number of ketones is 1. The van der Waals surface area contributed by atoms with Crippen molar-refractivity contribution in [2.45, 2.75) is 95.7 Å². The van der Waals surface area contributed by atoms with Crippen molar-refractivity contribution in [2.75, 3.05) is 0 Å². The van der Waals surface area contributed by atoms with Crippen LogP contribution in [0.1, 0.15) is 58.1 Å². The Labute approximate surface area is 248 Å². The first-order chi connectivity index (χ1) is 20.0. The maximum absolute atomic E-state index is 13.6. The molecule has 9 nitrogen and oxygen atoms in total. The fourth-order valence-corrected chi connectivity index (χ4v) is 5.84. The number of nitrogens with two attached hydrogens (primary N) is 1. The third kappa shape index (κ3) is 7.83. The molecule has 2 aromatic carbocycles. The number of Topliss-reactive ketones (excluding diaryl/α,β-unsaturated/α-hetero) is 1. The SMILES string of the molecule is CC(C)CC(NC(=O)C(N)CCc1ccccc1)C(=O)NC(Cc1ccccc1)C(=O)NC1CC(C)C2OC2(C)C1=O. The van der Waals surface area contributed by atoms with Crippen LogP contribution in [0.5, 0.6) is 0 Å². The predicted octanol–water partition coefficient (Wildman–Crippen LogP) is 2.46. The molecule has 1 aliphatic heterocycles. The van der Waals surface area contributed by atoms with Crippen molar-refractivity contribution >= 4 is 23.5 Å². The Morgan fingerprint density at radius 2 is 1.52 bits per heavy atom. The Bertz CT molecular complexity index is 1250. The second-order valence-electron chi connectivity index (χ2n) is 12.4. The first kappa shape index (κ1) is 31.4. The summed E-state index contributed by atoms with van der Waals surface area (Å²) in [6.45, 7) is 7.69. The van der Waals surface area contributed by atoms with E-state index in [2.05, 4.69) is 16.0 Å². The lowest BCUT2D eigenvalue weighted by Gasteiger charge is -2.29. The number of carbonyl (C=O) groups excluding carboxylic acids is 4. The van der Waals surface area contributed by atoms with Gasteiger partial charge < -0.3 is 26.4 Å². The van der Waals surface area contributed by atoms with Crippen LogP contribution in [0.4, 0.5) is 0 Å². The van der Waals surface area contributed by atoms with Gasteiger partial charge in [0.05, 0.1) is 18.2 Å². The summed E-state index contributed by atoms with van der Waals surface area (Å²) in [5, 5.41) is 8.58. The lowest BCUT2D eigenvalue weighted by atomic mass is 9.79. The highest BCUT2D eigenvalue weighted by atomic mass is 16.6.